The van der Waals surface area contributed by atoms with E-state index < -0.39 is 9.04 Å². The second kappa shape index (κ2) is 4.34. The molecule has 42 valence electrons. The van der Waals surface area contributed by atoms with E-state index in [2.05, 4.69) is 13.1 Å². The fourth-order valence-electron chi connectivity index (χ4n) is 0.250. The summed E-state index contributed by atoms with van der Waals surface area (Å²) in [5, 5.41) is 0. The van der Waals surface area contributed by atoms with E-state index in [4.69, 9.17) is 4.43 Å². The SMILES string of the molecule is C[CH]CO[Si](C)C. The Morgan fingerprint density at radius 2 is 2.14 bits per heavy atom. The molecule has 0 bridgehead atoms. The molecular weight excluding hydrogens is 104 g/mol. The molecule has 0 aliphatic carbocycles. The van der Waals surface area contributed by atoms with Crippen molar-refractivity contribution in [1.29, 1.82) is 0 Å². The predicted molar refractivity (Wildman–Crippen MR) is 33.4 cm³/mol. The molecular formula is C5H12OSi. The van der Waals surface area contributed by atoms with Crippen LogP contribution in [0.15, 0.2) is 0 Å². The maximum atomic E-state index is 5.24. The Morgan fingerprint density at radius 3 is 2.29 bits per heavy atom. The topological polar surface area (TPSA) is 9.23 Å². The summed E-state index contributed by atoms with van der Waals surface area (Å²) in [5.41, 5.74) is 0. The van der Waals surface area contributed by atoms with Crippen LogP contribution in [0.1, 0.15) is 6.92 Å². The molecule has 0 rings (SSSR count). The van der Waals surface area contributed by atoms with Crippen LogP contribution in [0.5, 0.6) is 0 Å². The van der Waals surface area contributed by atoms with Gasteiger partial charge in [-0.15, -0.1) is 0 Å². The van der Waals surface area contributed by atoms with E-state index in [1.807, 2.05) is 13.3 Å². The maximum Gasteiger partial charge on any atom is 0.204 e. The van der Waals surface area contributed by atoms with Gasteiger partial charge in [0.25, 0.3) is 0 Å². The average molecular weight is 116 g/mol. The predicted octanol–water partition coefficient (Wildman–Crippen LogP) is 1.48. The zero-order valence-corrected chi connectivity index (χ0v) is 6.19. The van der Waals surface area contributed by atoms with Crippen molar-refractivity contribution in [2.45, 2.75) is 20.0 Å². The van der Waals surface area contributed by atoms with Crippen molar-refractivity contribution in [3.63, 3.8) is 0 Å². The Kier molecular flexibility index (Phi) is 4.45. The fraction of sp³-hybridized carbons (Fsp3) is 0.800. The van der Waals surface area contributed by atoms with Gasteiger partial charge in [0.1, 0.15) is 0 Å². The van der Waals surface area contributed by atoms with Crippen LogP contribution >= 0.6 is 0 Å². The van der Waals surface area contributed by atoms with Gasteiger partial charge in [0, 0.05) is 6.61 Å². The van der Waals surface area contributed by atoms with Gasteiger partial charge in [-0.2, -0.15) is 0 Å². The van der Waals surface area contributed by atoms with E-state index >= 15 is 0 Å². The lowest BCUT2D eigenvalue weighted by molar-refractivity contribution is 0.360. The Morgan fingerprint density at radius 1 is 1.57 bits per heavy atom. The third kappa shape index (κ3) is 6.18. The molecule has 0 heterocycles. The van der Waals surface area contributed by atoms with Crippen LogP contribution in [0.4, 0.5) is 0 Å². The van der Waals surface area contributed by atoms with Crippen molar-refractivity contribution in [2.75, 3.05) is 6.61 Å². The summed E-state index contributed by atoms with van der Waals surface area (Å²) in [5.74, 6) is 0. The van der Waals surface area contributed by atoms with Crippen LogP contribution in [0.3, 0.4) is 0 Å². The van der Waals surface area contributed by atoms with Gasteiger partial charge in [0.05, 0.1) is 0 Å². The molecule has 0 spiro atoms. The molecule has 2 heteroatoms. The highest BCUT2D eigenvalue weighted by Crippen LogP contribution is 1.83. The normalized spacial score (nSPS) is 10.3. The number of hydrogen-bond donors (Lipinski definition) is 0. The van der Waals surface area contributed by atoms with E-state index in [1.165, 1.54) is 0 Å². The van der Waals surface area contributed by atoms with Crippen LogP contribution in [-0.4, -0.2) is 15.6 Å². The molecule has 0 fully saturated rings. The minimum atomic E-state index is -0.429. The molecule has 0 saturated carbocycles. The van der Waals surface area contributed by atoms with Crippen molar-refractivity contribution in [1.82, 2.24) is 0 Å². The van der Waals surface area contributed by atoms with E-state index in [0.717, 1.165) is 6.61 Å². The van der Waals surface area contributed by atoms with Crippen LogP contribution < -0.4 is 0 Å². The summed E-state index contributed by atoms with van der Waals surface area (Å²) in [4.78, 5) is 0. The van der Waals surface area contributed by atoms with Gasteiger partial charge in [-0.3, -0.25) is 0 Å². The highest BCUT2D eigenvalue weighted by Gasteiger charge is 1.91. The molecule has 0 aromatic rings. The standard InChI is InChI=1S/C5H12OSi/c1-4-5-6-7(2)3/h4H,5H2,1-3H3. The third-order valence-electron chi connectivity index (χ3n) is 0.539. The first-order valence-corrected chi connectivity index (χ1v) is 4.89. The quantitative estimate of drug-likeness (QED) is 0.507. The maximum absolute atomic E-state index is 5.24. The molecule has 0 aromatic heterocycles. The van der Waals surface area contributed by atoms with E-state index in [9.17, 15) is 0 Å². The summed E-state index contributed by atoms with van der Waals surface area (Å²) in [7, 11) is -0.429. The zero-order valence-electron chi connectivity index (χ0n) is 5.19. The summed E-state index contributed by atoms with van der Waals surface area (Å²) < 4.78 is 5.24. The van der Waals surface area contributed by atoms with Gasteiger partial charge in [0.2, 0.25) is 9.04 Å². The minimum Gasteiger partial charge on any atom is -0.417 e. The first-order valence-electron chi connectivity index (χ1n) is 2.48. The van der Waals surface area contributed by atoms with Gasteiger partial charge in [0.15, 0.2) is 0 Å². The molecule has 7 heavy (non-hydrogen) atoms. The number of rotatable bonds is 3. The summed E-state index contributed by atoms with van der Waals surface area (Å²) in [6, 6.07) is 0. The first-order chi connectivity index (χ1) is 3.27. The van der Waals surface area contributed by atoms with Crippen LogP contribution in [-0.2, 0) is 4.43 Å². The van der Waals surface area contributed by atoms with Gasteiger partial charge in [-0.1, -0.05) is 6.92 Å². The highest BCUT2D eigenvalue weighted by molar-refractivity contribution is 6.48. The second-order valence-electron chi connectivity index (χ2n) is 1.63. The lowest BCUT2D eigenvalue weighted by Gasteiger charge is -2.00. The highest BCUT2D eigenvalue weighted by atomic mass is 28.3. The molecule has 0 amide bonds. The average Bonchev–Trinajstić information content (AvgIpc) is 1.61. The number of hydrogen-bond acceptors (Lipinski definition) is 1. The van der Waals surface area contributed by atoms with Gasteiger partial charge in [-0.05, 0) is 19.5 Å². The van der Waals surface area contributed by atoms with E-state index in [1.54, 1.807) is 0 Å². The summed E-state index contributed by atoms with van der Waals surface area (Å²) >= 11 is 0. The molecule has 0 aromatic carbocycles. The van der Waals surface area contributed by atoms with Crippen LogP contribution in [0.25, 0.3) is 0 Å². The Labute approximate surface area is 47.4 Å². The largest absolute Gasteiger partial charge is 0.417 e. The van der Waals surface area contributed by atoms with Crippen molar-refractivity contribution < 1.29 is 4.43 Å². The molecule has 0 saturated heterocycles. The molecule has 0 N–H and O–H groups in total. The van der Waals surface area contributed by atoms with Gasteiger partial charge in [-0.25, -0.2) is 0 Å². The van der Waals surface area contributed by atoms with Gasteiger partial charge >= 0.3 is 0 Å². The first kappa shape index (κ1) is 7.18. The molecule has 2 radical (unpaired) electrons. The summed E-state index contributed by atoms with van der Waals surface area (Å²) in [6.07, 6.45) is 2.03. The molecule has 0 aliphatic heterocycles. The van der Waals surface area contributed by atoms with Gasteiger partial charge < -0.3 is 4.43 Å². The van der Waals surface area contributed by atoms with E-state index in [-0.39, 0.29) is 0 Å². The van der Waals surface area contributed by atoms with Crippen molar-refractivity contribution >= 4 is 9.04 Å². The Balaban J connectivity index is 2.68. The molecule has 0 aliphatic rings. The Bertz CT molecular complexity index is 37.1. The van der Waals surface area contributed by atoms with Crippen molar-refractivity contribution in [3.05, 3.63) is 6.42 Å². The van der Waals surface area contributed by atoms with Crippen molar-refractivity contribution in [3.8, 4) is 0 Å². The van der Waals surface area contributed by atoms with E-state index in [0.29, 0.717) is 0 Å². The molecule has 0 atom stereocenters. The lowest BCUT2D eigenvalue weighted by atomic mass is 10.5. The zero-order chi connectivity index (χ0) is 5.70. The van der Waals surface area contributed by atoms with Crippen LogP contribution in [0.2, 0.25) is 13.1 Å². The molecule has 0 unspecified atom stereocenters. The Hall–Kier alpha value is 0.177. The monoisotopic (exact) mass is 116 g/mol. The smallest absolute Gasteiger partial charge is 0.204 e. The minimum absolute atomic E-state index is 0.429. The lowest BCUT2D eigenvalue weighted by Crippen LogP contribution is -2.07. The fourth-order valence-corrected chi connectivity index (χ4v) is 0.750. The summed E-state index contributed by atoms with van der Waals surface area (Å²) in [6.45, 7) is 7.09. The van der Waals surface area contributed by atoms with Crippen molar-refractivity contribution in [2.24, 2.45) is 0 Å². The van der Waals surface area contributed by atoms with Crippen LogP contribution in [0, 0.1) is 6.42 Å². The third-order valence-corrected chi connectivity index (χ3v) is 1.28. The second-order valence-corrected chi connectivity index (χ2v) is 3.73. The molecule has 1 nitrogen and oxygen atoms in total.